The highest BCUT2D eigenvalue weighted by Crippen LogP contribution is 2.31. The van der Waals surface area contributed by atoms with Gasteiger partial charge in [-0.05, 0) is 40.0 Å². The molecule has 6 heteroatoms. The van der Waals surface area contributed by atoms with Crippen LogP contribution in [0.15, 0.2) is 44.4 Å². The molecular weight excluding hydrogens is 334 g/mol. The third-order valence-electron chi connectivity index (χ3n) is 2.18. The Kier molecular flexibility index (Phi) is 4.68. The van der Waals surface area contributed by atoms with Gasteiger partial charge in [-0.15, -0.1) is 11.3 Å². The second-order valence-electron chi connectivity index (χ2n) is 3.33. The van der Waals surface area contributed by atoms with Gasteiger partial charge >= 0.3 is 5.97 Å². The maximum absolute atomic E-state index is 11.6. The van der Waals surface area contributed by atoms with Gasteiger partial charge in [0.1, 0.15) is 0 Å². The number of thiophene rings is 1. The van der Waals surface area contributed by atoms with Crippen LogP contribution >= 0.6 is 39.2 Å². The number of esters is 1. The number of hydrogen-bond acceptors (Lipinski definition) is 5. The number of nitrogens with one attached hydrogen (secondary N) is 1. The summed E-state index contributed by atoms with van der Waals surface area (Å²) in [6, 6.07) is 7.33. The normalized spacial score (nSPS) is 10.1. The Labute approximate surface area is 122 Å². The Hall–Kier alpha value is -0.980. The van der Waals surface area contributed by atoms with Gasteiger partial charge in [-0.3, -0.25) is 0 Å². The van der Waals surface area contributed by atoms with Crippen molar-refractivity contribution in [3.63, 3.8) is 0 Å². The largest absolute Gasteiger partial charge is 0.465 e. The van der Waals surface area contributed by atoms with Gasteiger partial charge in [0.05, 0.1) is 22.8 Å². The fourth-order valence-electron chi connectivity index (χ4n) is 1.30. The van der Waals surface area contributed by atoms with E-state index in [2.05, 4.69) is 20.7 Å². The lowest BCUT2D eigenvalue weighted by atomic mass is 10.2. The fraction of sp³-hybridized carbons (Fsp3) is 0.0833. The van der Waals surface area contributed by atoms with Crippen molar-refractivity contribution < 1.29 is 9.53 Å². The molecule has 1 aromatic heterocycles. The summed E-state index contributed by atoms with van der Waals surface area (Å²) in [5.41, 5.74) is 1.55. The third-order valence-corrected chi connectivity index (χ3v) is 4.78. The summed E-state index contributed by atoms with van der Waals surface area (Å²) in [7, 11) is 1.38. The van der Waals surface area contributed by atoms with Gasteiger partial charge in [0.25, 0.3) is 0 Å². The number of methoxy groups -OCH3 is 1. The van der Waals surface area contributed by atoms with Gasteiger partial charge in [0, 0.05) is 15.7 Å². The van der Waals surface area contributed by atoms with Crippen molar-refractivity contribution in [2.75, 3.05) is 11.8 Å². The second-order valence-corrected chi connectivity index (χ2v) is 5.77. The van der Waals surface area contributed by atoms with Gasteiger partial charge in [0.2, 0.25) is 0 Å². The van der Waals surface area contributed by atoms with E-state index in [9.17, 15) is 4.79 Å². The summed E-state index contributed by atoms with van der Waals surface area (Å²) < 4.78 is 8.96. The van der Waals surface area contributed by atoms with Gasteiger partial charge in [-0.2, -0.15) is 0 Å². The van der Waals surface area contributed by atoms with E-state index in [0.29, 0.717) is 5.56 Å². The second kappa shape index (κ2) is 6.26. The van der Waals surface area contributed by atoms with E-state index in [-0.39, 0.29) is 5.97 Å². The molecule has 2 rings (SSSR count). The first kappa shape index (κ1) is 13.5. The molecule has 1 aromatic carbocycles. The first-order valence-electron chi connectivity index (χ1n) is 5.04. The quantitative estimate of drug-likeness (QED) is 0.658. The Morgan fingerprint density at radius 1 is 1.39 bits per heavy atom. The molecule has 0 unspecified atom stereocenters. The maximum atomic E-state index is 11.6. The third kappa shape index (κ3) is 3.07. The van der Waals surface area contributed by atoms with Crippen molar-refractivity contribution in [1.29, 1.82) is 0 Å². The molecule has 94 valence electrons. The van der Waals surface area contributed by atoms with Gasteiger partial charge in [-0.25, -0.2) is 4.79 Å². The predicted molar refractivity (Wildman–Crippen MR) is 79.3 cm³/mol. The zero-order chi connectivity index (χ0) is 13.0. The Morgan fingerprint density at radius 3 is 2.83 bits per heavy atom. The number of benzene rings is 1. The van der Waals surface area contributed by atoms with E-state index in [1.165, 1.54) is 19.1 Å². The highest BCUT2D eigenvalue weighted by atomic mass is 79.9. The molecule has 0 fully saturated rings. The molecule has 0 radical (unpaired) electrons. The lowest BCUT2D eigenvalue weighted by molar-refractivity contribution is 0.0597. The maximum Gasteiger partial charge on any atom is 0.339 e. The molecule has 0 saturated heterocycles. The summed E-state index contributed by atoms with van der Waals surface area (Å²) in [6.07, 6.45) is 0. The minimum absolute atomic E-state index is 0.329. The Balaban J connectivity index is 2.14. The molecule has 0 amide bonds. The van der Waals surface area contributed by atoms with Gasteiger partial charge < -0.3 is 9.46 Å². The topological polar surface area (TPSA) is 38.3 Å². The van der Waals surface area contributed by atoms with Crippen LogP contribution in [0, 0.1) is 0 Å². The minimum atomic E-state index is -0.329. The average molecular weight is 344 g/mol. The van der Waals surface area contributed by atoms with Crippen LogP contribution in [0.1, 0.15) is 10.4 Å². The summed E-state index contributed by atoms with van der Waals surface area (Å²) in [5.74, 6) is -0.329. The van der Waals surface area contributed by atoms with Crippen LogP contribution in [0.4, 0.5) is 5.69 Å². The molecule has 0 spiro atoms. The van der Waals surface area contributed by atoms with Crippen LogP contribution in [-0.2, 0) is 4.74 Å². The molecule has 18 heavy (non-hydrogen) atoms. The van der Waals surface area contributed by atoms with Crippen molar-refractivity contribution in [3.05, 3.63) is 45.1 Å². The number of carbonyl (C=O) groups is 1. The average Bonchev–Trinajstić information content (AvgIpc) is 2.81. The van der Waals surface area contributed by atoms with Crippen LogP contribution < -0.4 is 4.72 Å². The minimum Gasteiger partial charge on any atom is -0.465 e. The number of hydrogen-bond donors (Lipinski definition) is 1. The van der Waals surface area contributed by atoms with Crippen LogP contribution in [0.5, 0.6) is 0 Å². The van der Waals surface area contributed by atoms with E-state index in [4.69, 9.17) is 4.74 Å². The smallest absolute Gasteiger partial charge is 0.339 e. The highest BCUT2D eigenvalue weighted by Gasteiger charge is 2.11. The van der Waals surface area contributed by atoms with Crippen molar-refractivity contribution in [2.24, 2.45) is 0 Å². The Bertz CT molecular complexity index is 557. The van der Waals surface area contributed by atoms with E-state index < -0.39 is 0 Å². The van der Waals surface area contributed by atoms with E-state index in [1.807, 2.05) is 29.0 Å². The van der Waals surface area contributed by atoms with Crippen molar-refractivity contribution >= 4 is 50.9 Å². The monoisotopic (exact) mass is 343 g/mol. The van der Waals surface area contributed by atoms with Crippen LogP contribution in [0.2, 0.25) is 0 Å². The van der Waals surface area contributed by atoms with Gasteiger partial charge in [-0.1, -0.05) is 12.1 Å². The first-order valence-corrected chi connectivity index (χ1v) is 7.59. The SMILES string of the molecule is COC(=O)c1ccccc1SNc1cscc1Br. The predicted octanol–water partition coefficient (Wildman–Crippen LogP) is 4.42. The number of rotatable bonds is 4. The number of halogens is 1. The molecule has 2 aromatic rings. The molecule has 0 bridgehead atoms. The molecular formula is C12H10BrNO2S2. The number of carbonyl (C=O) groups excluding carboxylic acids is 1. The fourth-order valence-corrected chi connectivity index (χ4v) is 3.63. The van der Waals surface area contributed by atoms with Crippen LogP contribution in [0.25, 0.3) is 0 Å². The van der Waals surface area contributed by atoms with Gasteiger partial charge in [0.15, 0.2) is 0 Å². The van der Waals surface area contributed by atoms with Crippen molar-refractivity contribution in [2.45, 2.75) is 4.90 Å². The molecule has 3 nitrogen and oxygen atoms in total. The van der Waals surface area contributed by atoms with E-state index >= 15 is 0 Å². The Morgan fingerprint density at radius 2 is 2.17 bits per heavy atom. The molecule has 0 aliphatic carbocycles. The lowest BCUT2D eigenvalue weighted by Gasteiger charge is -2.08. The molecule has 0 aliphatic rings. The summed E-state index contributed by atoms with van der Waals surface area (Å²) in [6.45, 7) is 0. The summed E-state index contributed by atoms with van der Waals surface area (Å²) in [5, 5.41) is 3.99. The standard InChI is InChI=1S/C12H10BrNO2S2/c1-16-12(15)8-4-2-3-5-11(8)18-14-10-7-17-6-9(10)13/h2-7,14H,1H3. The molecule has 0 atom stereocenters. The lowest BCUT2D eigenvalue weighted by Crippen LogP contribution is -2.03. The van der Waals surface area contributed by atoms with Crippen LogP contribution in [-0.4, -0.2) is 13.1 Å². The molecule has 0 saturated carbocycles. The molecule has 0 aliphatic heterocycles. The van der Waals surface area contributed by atoms with E-state index in [1.54, 1.807) is 17.4 Å². The van der Waals surface area contributed by atoms with Crippen LogP contribution in [0.3, 0.4) is 0 Å². The first-order chi connectivity index (χ1) is 8.72. The summed E-state index contributed by atoms with van der Waals surface area (Å²) >= 11 is 6.43. The zero-order valence-electron chi connectivity index (χ0n) is 9.48. The zero-order valence-corrected chi connectivity index (χ0v) is 12.7. The van der Waals surface area contributed by atoms with Crippen molar-refractivity contribution in [3.8, 4) is 0 Å². The van der Waals surface area contributed by atoms with E-state index in [0.717, 1.165) is 15.1 Å². The summed E-state index contributed by atoms with van der Waals surface area (Å²) in [4.78, 5) is 12.4. The molecule has 1 heterocycles. The highest BCUT2D eigenvalue weighted by molar-refractivity contribution is 9.10. The number of anilines is 1. The number of ether oxygens (including phenoxy) is 1. The van der Waals surface area contributed by atoms with Crippen molar-refractivity contribution in [1.82, 2.24) is 0 Å². The molecule has 1 N–H and O–H groups in total.